The van der Waals surface area contributed by atoms with E-state index in [1.54, 1.807) is 7.11 Å². The number of benzene rings is 2. The van der Waals surface area contributed by atoms with Gasteiger partial charge in [-0.1, -0.05) is 12.1 Å². The first-order chi connectivity index (χ1) is 11.7. The highest BCUT2D eigenvalue weighted by atomic mass is 16.5. The number of methoxy groups -OCH3 is 1. The van der Waals surface area contributed by atoms with Gasteiger partial charge in [-0.05, 0) is 61.2 Å². The fraction of sp³-hybridized carbons (Fsp3) is 0.250. The molecule has 3 N–H and O–H groups in total. The Morgan fingerprint density at radius 1 is 1.17 bits per heavy atom. The molecule has 1 aliphatic rings. The number of nitrogens with zero attached hydrogens (tertiary/aromatic N) is 1. The van der Waals surface area contributed by atoms with Crippen LogP contribution in [0.5, 0.6) is 5.75 Å². The zero-order chi connectivity index (χ0) is 16.5. The summed E-state index contributed by atoms with van der Waals surface area (Å²) >= 11 is 0. The predicted molar refractivity (Wildman–Crippen MR) is 98.5 cm³/mol. The zero-order valence-electron chi connectivity index (χ0n) is 13.8. The van der Waals surface area contributed by atoms with Crippen LogP contribution in [0.2, 0.25) is 0 Å². The van der Waals surface area contributed by atoms with E-state index < -0.39 is 0 Å². The first kappa shape index (κ1) is 14.8. The van der Waals surface area contributed by atoms with E-state index in [2.05, 4.69) is 23.5 Å². The number of hydrogen-bond acceptors (Lipinski definition) is 4. The summed E-state index contributed by atoms with van der Waals surface area (Å²) in [5, 5.41) is 4.65. The van der Waals surface area contributed by atoms with E-state index in [0.29, 0.717) is 0 Å². The lowest BCUT2D eigenvalue weighted by Crippen LogP contribution is -2.19. The number of rotatable bonds is 3. The normalized spacial score (nSPS) is 16.6. The molecule has 1 heterocycles. The summed E-state index contributed by atoms with van der Waals surface area (Å²) in [6, 6.07) is 16.4. The molecule has 4 nitrogen and oxygen atoms in total. The third-order valence-corrected chi connectivity index (χ3v) is 4.70. The van der Waals surface area contributed by atoms with Crippen molar-refractivity contribution in [1.29, 1.82) is 0 Å². The zero-order valence-corrected chi connectivity index (χ0v) is 13.8. The molecule has 4 heteroatoms. The first-order valence-electron chi connectivity index (χ1n) is 8.33. The highest BCUT2D eigenvalue weighted by molar-refractivity contribution is 5.83. The average Bonchev–Trinajstić information content (AvgIpc) is 2.61. The summed E-state index contributed by atoms with van der Waals surface area (Å²) in [5.41, 5.74) is 10.2. The maximum Gasteiger partial charge on any atom is 0.127 e. The smallest absolute Gasteiger partial charge is 0.127 e. The van der Waals surface area contributed by atoms with Crippen LogP contribution in [-0.2, 0) is 6.42 Å². The molecule has 0 radical (unpaired) electrons. The van der Waals surface area contributed by atoms with E-state index in [-0.39, 0.29) is 6.04 Å². The molecule has 0 bridgehead atoms. The van der Waals surface area contributed by atoms with Gasteiger partial charge in [0.05, 0.1) is 18.7 Å². The number of anilines is 2. The number of aryl methyl sites for hydroxylation is 1. The number of nitrogens with two attached hydrogens (primary N) is 1. The van der Waals surface area contributed by atoms with Gasteiger partial charge in [-0.2, -0.15) is 0 Å². The number of ether oxygens (including phenoxy) is 1. The second-order valence-electron chi connectivity index (χ2n) is 6.27. The molecule has 0 unspecified atom stereocenters. The van der Waals surface area contributed by atoms with E-state index in [0.717, 1.165) is 41.0 Å². The highest BCUT2D eigenvalue weighted by Crippen LogP contribution is 2.38. The third kappa shape index (κ3) is 2.64. The quantitative estimate of drug-likeness (QED) is 0.706. The molecule has 122 valence electrons. The van der Waals surface area contributed by atoms with Crippen LogP contribution in [-0.4, -0.2) is 12.1 Å². The monoisotopic (exact) mass is 319 g/mol. The van der Waals surface area contributed by atoms with Crippen LogP contribution < -0.4 is 15.8 Å². The lowest BCUT2D eigenvalue weighted by Gasteiger charge is -2.28. The van der Waals surface area contributed by atoms with Crippen molar-refractivity contribution in [3.8, 4) is 5.75 Å². The van der Waals surface area contributed by atoms with Gasteiger partial charge in [0.25, 0.3) is 0 Å². The van der Waals surface area contributed by atoms with Gasteiger partial charge in [-0.15, -0.1) is 0 Å². The maximum atomic E-state index is 5.84. The second-order valence-corrected chi connectivity index (χ2v) is 6.27. The number of fused-ring (bicyclic) bond motifs is 2. The summed E-state index contributed by atoms with van der Waals surface area (Å²) in [4.78, 5) is 4.73. The Balaban J connectivity index is 1.68. The Morgan fingerprint density at radius 2 is 2.08 bits per heavy atom. The first-order valence-corrected chi connectivity index (χ1v) is 8.33. The molecule has 3 aromatic rings. The minimum Gasteiger partial charge on any atom is -0.496 e. The van der Waals surface area contributed by atoms with E-state index in [9.17, 15) is 0 Å². The molecule has 2 aromatic carbocycles. The largest absolute Gasteiger partial charge is 0.496 e. The van der Waals surface area contributed by atoms with Gasteiger partial charge in [0.2, 0.25) is 0 Å². The third-order valence-electron chi connectivity index (χ3n) is 4.70. The second kappa shape index (κ2) is 6.04. The van der Waals surface area contributed by atoms with Crippen molar-refractivity contribution >= 4 is 22.4 Å². The number of aromatic nitrogens is 1. The molecule has 0 spiro atoms. The number of pyridine rings is 1. The molecule has 1 atom stereocenters. The van der Waals surface area contributed by atoms with Crippen molar-refractivity contribution in [2.45, 2.75) is 25.3 Å². The number of hydrogen-bond donors (Lipinski definition) is 2. The molecule has 24 heavy (non-hydrogen) atoms. The lowest BCUT2D eigenvalue weighted by atomic mass is 9.87. The van der Waals surface area contributed by atoms with Gasteiger partial charge in [0, 0.05) is 16.6 Å². The molecule has 0 amide bonds. The minimum absolute atomic E-state index is 0.226. The Bertz CT molecular complexity index is 877. The minimum atomic E-state index is 0.226. The summed E-state index contributed by atoms with van der Waals surface area (Å²) in [6.07, 6.45) is 3.35. The molecule has 4 rings (SSSR count). The Hall–Kier alpha value is -2.75. The van der Waals surface area contributed by atoms with Gasteiger partial charge < -0.3 is 15.8 Å². The van der Waals surface area contributed by atoms with Crippen molar-refractivity contribution < 1.29 is 4.74 Å². The highest BCUT2D eigenvalue weighted by Gasteiger charge is 2.24. The van der Waals surface area contributed by atoms with Gasteiger partial charge in [-0.3, -0.25) is 0 Å². The number of nitrogen functional groups attached to an aromatic ring is 1. The summed E-state index contributed by atoms with van der Waals surface area (Å²) in [7, 11) is 1.74. The van der Waals surface area contributed by atoms with Gasteiger partial charge >= 0.3 is 0 Å². The number of nitrogens with one attached hydrogen (secondary N) is 1. The summed E-state index contributed by atoms with van der Waals surface area (Å²) in [6.45, 7) is 0. The molecule has 0 fully saturated rings. The summed E-state index contributed by atoms with van der Waals surface area (Å²) in [5.74, 6) is 1.84. The Morgan fingerprint density at radius 3 is 2.96 bits per heavy atom. The van der Waals surface area contributed by atoms with Gasteiger partial charge in [0.15, 0.2) is 0 Å². The van der Waals surface area contributed by atoms with Crippen molar-refractivity contribution in [2.75, 3.05) is 18.2 Å². The van der Waals surface area contributed by atoms with Crippen LogP contribution in [0.25, 0.3) is 10.9 Å². The van der Waals surface area contributed by atoms with Crippen LogP contribution in [0.3, 0.4) is 0 Å². The molecule has 1 aliphatic carbocycles. The maximum absolute atomic E-state index is 5.84. The van der Waals surface area contributed by atoms with Crippen LogP contribution >= 0.6 is 0 Å². The molecule has 0 aliphatic heterocycles. The standard InChI is InChI=1S/C20H21N3O/c1-24-18-7-3-5-13-4-2-6-17(20(13)18)23-19-11-8-14-12-15(21)9-10-16(14)22-19/h3,5,7-12,17H,2,4,6,21H2,1H3,(H,22,23)/t17-/m0/s1. The Kier molecular flexibility index (Phi) is 3.73. The van der Waals surface area contributed by atoms with E-state index in [1.165, 1.54) is 17.5 Å². The molecule has 0 saturated heterocycles. The SMILES string of the molecule is COc1cccc2c1[C@@H](Nc1ccc3cc(N)ccc3n1)CCC2. The van der Waals surface area contributed by atoms with E-state index >= 15 is 0 Å². The van der Waals surface area contributed by atoms with E-state index in [4.69, 9.17) is 15.5 Å². The molecule has 1 aromatic heterocycles. The van der Waals surface area contributed by atoms with Gasteiger partial charge in [0.1, 0.15) is 11.6 Å². The average molecular weight is 319 g/mol. The van der Waals surface area contributed by atoms with Crippen LogP contribution in [0.1, 0.15) is 30.0 Å². The molecular weight excluding hydrogens is 298 g/mol. The van der Waals surface area contributed by atoms with Crippen molar-refractivity contribution in [1.82, 2.24) is 4.98 Å². The molecule has 0 saturated carbocycles. The lowest BCUT2D eigenvalue weighted by molar-refractivity contribution is 0.401. The van der Waals surface area contributed by atoms with Crippen molar-refractivity contribution in [3.63, 3.8) is 0 Å². The van der Waals surface area contributed by atoms with Crippen molar-refractivity contribution in [2.24, 2.45) is 0 Å². The van der Waals surface area contributed by atoms with Crippen LogP contribution in [0.4, 0.5) is 11.5 Å². The fourth-order valence-electron chi connectivity index (χ4n) is 3.57. The van der Waals surface area contributed by atoms with Gasteiger partial charge in [-0.25, -0.2) is 4.98 Å². The molecular formula is C20H21N3O. The summed E-state index contributed by atoms with van der Waals surface area (Å²) < 4.78 is 5.59. The van der Waals surface area contributed by atoms with Crippen LogP contribution in [0.15, 0.2) is 48.5 Å². The topological polar surface area (TPSA) is 60.2 Å². The predicted octanol–water partition coefficient (Wildman–Crippen LogP) is 4.32. The van der Waals surface area contributed by atoms with Crippen molar-refractivity contribution in [3.05, 3.63) is 59.7 Å². The fourth-order valence-corrected chi connectivity index (χ4v) is 3.57. The van der Waals surface area contributed by atoms with Crippen LogP contribution in [0, 0.1) is 0 Å². The van der Waals surface area contributed by atoms with E-state index in [1.807, 2.05) is 30.3 Å². The Labute approximate surface area is 141 Å².